The number of anilines is 2. The summed E-state index contributed by atoms with van der Waals surface area (Å²) in [5, 5.41) is 11.9. The summed E-state index contributed by atoms with van der Waals surface area (Å²) in [6.07, 6.45) is 3.26. The molecule has 1 aromatic rings. The molecule has 7 heteroatoms. The maximum Gasteiger partial charge on any atom is 0.239 e. The molecule has 1 rings (SSSR count). The van der Waals surface area contributed by atoms with Crippen LogP contribution in [0.4, 0.5) is 11.8 Å². The van der Waals surface area contributed by atoms with Crippen LogP contribution < -0.4 is 16.6 Å². The lowest BCUT2D eigenvalue weighted by Crippen LogP contribution is -2.18. The van der Waals surface area contributed by atoms with Crippen molar-refractivity contribution in [1.82, 2.24) is 9.97 Å². The number of halogens is 1. The highest BCUT2D eigenvalue weighted by atomic mass is 79.9. The quantitative estimate of drug-likeness (QED) is 0.463. The third-order valence-electron chi connectivity index (χ3n) is 2.05. The van der Waals surface area contributed by atoms with Crippen LogP contribution in [0.2, 0.25) is 0 Å². The number of hydrogen-bond acceptors (Lipinski definition) is 6. The van der Waals surface area contributed by atoms with Gasteiger partial charge in [-0.1, -0.05) is 0 Å². The highest BCUT2D eigenvalue weighted by molar-refractivity contribution is 9.10. The van der Waals surface area contributed by atoms with E-state index in [-0.39, 0.29) is 12.6 Å². The number of hydrogen-bond donors (Lipinski definition) is 4. The zero-order valence-corrected chi connectivity index (χ0v) is 10.7. The lowest BCUT2D eigenvalue weighted by molar-refractivity contribution is 0.282. The SMILES string of the molecule is CC(CCCO)Nc1nc(NN)ncc1Br. The Hall–Kier alpha value is -0.920. The zero-order chi connectivity index (χ0) is 12.0. The second kappa shape index (κ2) is 6.62. The van der Waals surface area contributed by atoms with Gasteiger partial charge in [-0.15, -0.1) is 0 Å². The predicted octanol–water partition coefficient (Wildman–Crippen LogP) is 1.10. The van der Waals surface area contributed by atoms with E-state index in [1.54, 1.807) is 6.20 Å². The van der Waals surface area contributed by atoms with E-state index in [9.17, 15) is 0 Å². The van der Waals surface area contributed by atoms with Gasteiger partial charge in [0.05, 0.1) is 4.47 Å². The van der Waals surface area contributed by atoms with Gasteiger partial charge in [0.1, 0.15) is 5.82 Å². The third-order valence-corrected chi connectivity index (χ3v) is 2.63. The molecule has 5 N–H and O–H groups in total. The van der Waals surface area contributed by atoms with Gasteiger partial charge < -0.3 is 10.4 Å². The van der Waals surface area contributed by atoms with Gasteiger partial charge >= 0.3 is 0 Å². The number of nitrogen functional groups attached to an aromatic ring is 1. The largest absolute Gasteiger partial charge is 0.396 e. The molecule has 1 unspecified atom stereocenters. The summed E-state index contributed by atoms with van der Waals surface area (Å²) >= 11 is 3.35. The molecule has 0 bridgehead atoms. The molecule has 0 aliphatic rings. The minimum absolute atomic E-state index is 0.201. The van der Waals surface area contributed by atoms with Crippen LogP contribution in [0.3, 0.4) is 0 Å². The first-order chi connectivity index (χ1) is 7.67. The van der Waals surface area contributed by atoms with E-state index in [1.165, 1.54) is 0 Å². The van der Waals surface area contributed by atoms with Crippen molar-refractivity contribution < 1.29 is 5.11 Å². The maximum absolute atomic E-state index is 8.73. The standard InChI is InChI=1S/C9H16BrN5O/c1-6(3-2-4-16)13-8-7(10)5-12-9(14-8)15-11/h5-6,16H,2-4,11H2,1H3,(H2,12,13,14,15). The predicted molar refractivity (Wildman–Crippen MR) is 66.9 cm³/mol. The van der Waals surface area contributed by atoms with Gasteiger partial charge in [0.15, 0.2) is 0 Å². The van der Waals surface area contributed by atoms with Crippen LogP contribution in [0.15, 0.2) is 10.7 Å². The van der Waals surface area contributed by atoms with E-state index in [0.29, 0.717) is 11.8 Å². The molecule has 0 amide bonds. The lowest BCUT2D eigenvalue weighted by Gasteiger charge is -2.15. The van der Waals surface area contributed by atoms with Crippen LogP contribution in [0.1, 0.15) is 19.8 Å². The van der Waals surface area contributed by atoms with Crippen LogP contribution in [0.5, 0.6) is 0 Å². The molecule has 0 saturated carbocycles. The highest BCUT2D eigenvalue weighted by Gasteiger charge is 2.07. The molecule has 0 saturated heterocycles. The molecular formula is C9H16BrN5O. The molecule has 1 aromatic heterocycles. The van der Waals surface area contributed by atoms with Gasteiger partial charge in [0.25, 0.3) is 0 Å². The highest BCUT2D eigenvalue weighted by Crippen LogP contribution is 2.21. The minimum atomic E-state index is 0.201. The van der Waals surface area contributed by atoms with Gasteiger partial charge in [-0.3, -0.25) is 5.43 Å². The van der Waals surface area contributed by atoms with Crippen molar-refractivity contribution in [3.05, 3.63) is 10.7 Å². The van der Waals surface area contributed by atoms with E-state index < -0.39 is 0 Å². The Morgan fingerprint density at radius 3 is 3.00 bits per heavy atom. The van der Waals surface area contributed by atoms with Crippen LogP contribution in [0, 0.1) is 0 Å². The fourth-order valence-corrected chi connectivity index (χ4v) is 1.55. The van der Waals surface area contributed by atoms with E-state index in [1.807, 2.05) is 6.92 Å². The van der Waals surface area contributed by atoms with Crippen molar-refractivity contribution >= 4 is 27.7 Å². The van der Waals surface area contributed by atoms with Gasteiger partial charge in [-0.05, 0) is 35.7 Å². The number of aromatic nitrogens is 2. The first-order valence-corrected chi connectivity index (χ1v) is 5.83. The Morgan fingerprint density at radius 2 is 2.38 bits per heavy atom. The summed E-state index contributed by atoms with van der Waals surface area (Å²) in [6, 6.07) is 0.226. The summed E-state index contributed by atoms with van der Waals surface area (Å²) < 4.78 is 0.780. The topological polar surface area (TPSA) is 96.1 Å². The smallest absolute Gasteiger partial charge is 0.239 e. The van der Waals surface area contributed by atoms with E-state index in [0.717, 1.165) is 17.3 Å². The Kier molecular flexibility index (Phi) is 5.44. The second-order valence-corrected chi connectivity index (χ2v) is 4.30. The van der Waals surface area contributed by atoms with Crippen LogP contribution in [-0.4, -0.2) is 27.7 Å². The second-order valence-electron chi connectivity index (χ2n) is 3.45. The summed E-state index contributed by atoms with van der Waals surface area (Å²) in [7, 11) is 0. The fraction of sp³-hybridized carbons (Fsp3) is 0.556. The van der Waals surface area contributed by atoms with Crippen LogP contribution >= 0.6 is 15.9 Å². The van der Waals surface area contributed by atoms with E-state index in [4.69, 9.17) is 10.9 Å². The molecular weight excluding hydrogens is 274 g/mol. The summed E-state index contributed by atoms with van der Waals surface area (Å²) in [5.41, 5.74) is 2.39. The first-order valence-electron chi connectivity index (χ1n) is 5.04. The molecule has 0 spiro atoms. The Bertz CT molecular complexity index is 336. The molecule has 6 nitrogen and oxygen atoms in total. The number of hydrazine groups is 1. The summed E-state index contributed by atoms with van der Waals surface area (Å²) in [6.45, 7) is 2.23. The maximum atomic E-state index is 8.73. The fourth-order valence-electron chi connectivity index (χ4n) is 1.24. The lowest BCUT2D eigenvalue weighted by atomic mass is 10.2. The number of nitrogens with zero attached hydrogens (tertiary/aromatic N) is 2. The van der Waals surface area contributed by atoms with Crippen molar-refractivity contribution in [2.45, 2.75) is 25.8 Å². The van der Waals surface area contributed by atoms with Crippen molar-refractivity contribution in [3.63, 3.8) is 0 Å². The van der Waals surface area contributed by atoms with Gasteiger partial charge in [0, 0.05) is 18.8 Å². The molecule has 90 valence electrons. The van der Waals surface area contributed by atoms with Gasteiger partial charge in [0.2, 0.25) is 5.95 Å². The molecule has 0 aliphatic carbocycles. The van der Waals surface area contributed by atoms with Crippen LogP contribution in [-0.2, 0) is 0 Å². The molecule has 1 atom stereocenters. The van der Waals surface area contributed by atoms with Crippen molar-refractivity contribution in [1.29, 1.82) is 0 Å². The van der Waals surface area contributed by atoms with Crippen molar-refractivity contribution in [2.75, 3.05) is 17.3 Å². The first kappa shape index (κ1) is 13.1. The van der Waals surface area contributed by atoms with Crippen molar-refractivity contribution in [3.8, 4) is 0 Å². The Labute approximate surface area is 103 Å². The monoisotopic (exact) mass is 289 g/mol. The molecule has 0 aromatic carbocycles. The number of aliphatic hydroxyl groups is 1. The number of rotatable bonds is 6. The number of aliphatic hydroxyl groups excluding tert-OH is 1. The van der Waals surface area contributed by atoms with E-state index >= 15 is 0 Å². The van der Waals surface area contributed by atoms with Crippen LogP contribution in [0.25, 0.3) is 0 Å². The average molecular weight is 290 g/mol. The molecule has 0 fully saturated rings. The third kappa shape index (κ3) is 3.92. The minimum Gasteiger partial charge on any atom is -0.396 e. The zero-order valence-electron chi connectivity index (χ0n) is 9.07. The number of nitrogens with two attached hydrogens (primary N) is 1. The van der Waals surface area contributed by atoms with Crippen molar-refractivity contribution in [2.24, 2.45) is 5.84 Å². The molecule has 0 radical (unpaired) electrons. The van der Waals surface area contributed by atoms with E-state index in [2.05, 4.69) is 36.6 Å². The average Bonchev–Trinajstić information content (AvgIpc) is 2.29. The Morgan fingerprint density at radius 1 is 1.62 bits per heavy atom. The Balaban J connectivity index is 2.64. The summed E-state index contributed by atoms with van der Waals surface area (Å²) in [5.74, 6) is 6.28. The van der Waals surface area contributed by atoms with Gasteiger partial charge in [-0.25, -0.2) is 10.8 Å². The molecule has 0 aliphatic heterocycles. The normalized spacial score (nSPS) is 12.2. The summed E-state index contributed by atoms with van der Waals surface area (Å²) in [4.78, 5) is 8.12. The molecule has 1 heterocycles. The molecule has 16 heavy (non-hydrogen) atoms. The number of nitrogens with one attached hydrogen (secondary N) is 2. The van der Waals surface area contributed by atoms with Gasteiger partial charge in [-0.2, -0.15) is 4.98 Å².